The molecule has 1 unspecified atom stereocenters. The van der Waals surface area contributed by atoms with Gasteiger partial charge in [0.1, 0.15) is 11.8 Å². The average molecular weight is 440 g/mol. The summed E-state index contributed by atoms with van der Waals surface area (Å²) in [6, 6.07) is 14.8. The van der Waals surface area contributed by atoms with Crippen molar-refractivity contribution in [2.75, 3.05) is 6.61 Å². The topological polar surface area (TPSA) is 116 Å². The lowest BCUT2D eigenvalue weighted by atomic mass is 9.67. The number of carbonyl (C=O) groups excluding carboxylic acids is 2. The predicted octanol–water partition coefficient (Wildman–Crippen LogP) is 3.74. The predicted molar refractivity (Wildman–Crippen MR) is 118 cm³/mol. The first-order valence-corrected chi connectivity index (χ1v) is 10.9. The van der Waals surface area contributed by atoms with Crippen LogP contribution >= 0.6 is 0 Å². The summed E-state index contributed by atoms with van der Waals surface area (Å²) in [5.74, 6) is -1.61. The third kappa shape index (κ3) is 5.95. The van der Waals surface area contributed by atoms with Crippen molar-refractivity contribution in [1.29, 1.82) is 0 Å². The van der Waals surface area contributed by atoms with Crippen LogP contribution in [-0.2, 0) is 20.7 Å². The molecule has 2 aromatic rings. The van der Waals surface area contributed by atoms with E-state index in [9.17, 15) is 19.5 Å². The number of hydrogen-bond acceptors (Lipinski definition) is 6. The maximum absolute atomic E-state index is 12.6. The standard InChI is InChI=1S/C25H29NO6/c26-22(25(17-21(27)28)14-7-2-8-15-25)24(30)31-16-13-18-9-5-6-12-20(18)32-23(29)19-10-3-1-4-11-19/h1,3-6,9-12,22H,2,7-8,13-17,26H2,(H,27,28). The Kier molecular flexibility index (Phi) is 8.00. The highest BCUT2D eigenvalue weighted by Gasteiger charge is 2.44. The van der Waals surface area contributed by atoms with Crippen molar-refractivity contribution in [1.82, 2.24) is 0 Å². The van der Waals surface area contributed by atoms with Gasteiger partial charge >= 0.3 is 17.9 Å². The highest BCUT2D eigenvalue weighted by molar-refractivity contribution is 5.91. The molecule has 1 atom stereocenters. The van der Waals surface area contributed by atoms with Gasteiger partial charge in [0.05, 0.1) is 18.6 Å². The smallest absolute Gasteiger partial charge is 0.343 e. The molecule has 0 saturated heterocycles. The molecule has 32 heavy (non-hydrogen) atoms. The normalized spacial score (nSPS) is 16.0. The highest BCUT2D eigenvalue weighted by atomic mass is 16.5. The fourth-order valence-corrected chi connectivity index (χ4v) is 4.30. The lowest BCUT2D eigenvalue weighted by Gasteiger charge is -2.39. The Hall–Kier alpha value is -3.19. The maximum Gasteiger partial charge on any atom is 0.343 e. The summed E-state index contributed by atoms with van der Waals surface area (Å²) in [5, 5.41) is 9.32. The van der Waals surface area contributed by atoms with Crippen molar-refractivity contribution < 1.29 is 29.0 Å². The van der Waals surface area contributed by atoms with E-state index in [0.29, 0.717) is 30.6 Å². The first kappa shape index (κ1) is 23.5. The fraction of sp³-hybridized carbons (Fsp3) is 0.400. The molecule has 1 aliphatic rings. The van der Waals surface area contributed by atoms with E-state index in [4.69, 9.17) is 15.2 Å². The summed E-state index contributed by atoms with van der Waals surface area (Å²) in [7, 11) is 0. The fourth-order valence-electron chi connectivity index (χ4n) is 4.30. The van der Waals surface area contributed by atoms with Crippen LogP contribution in [0.1, 0.15) is 54.4 Å². The molecule has 0 aromatic heterocycles. The van der Waals surface area contributed by atoms with Gasteiger partial charge in [-0.15, -0.1) is 0 Å². The van der Waals surface area contributed by atoms with Gasteiger partial charge in [-0.3, -0.25) is 9.59 Å². The number of carboxylic acids is 1. The third-order valence-electron chi connectivity index (χ3n) is 6.07. The van der Waals surface area contributed by atoms with Crippen LogP contribution in [0.15, 0.2) is 54.6 Å². The molecule has 0 bridgehead atoms. The van der Waals surface area contributed by atoms with Crippen LogP contribution in [0.5, 0.6) is 5.75 Å². The number of rotatable bonds is 9. The first-order chi connectivity index (χ1) is 15.4. The molecule has 1 aliphatic carbocycles. The largest absolute Gasteiger partial charge is 0.481 e. The highest BCUT2D eigenvalue weighted by Crippen LogP contribution is 2.42. The molecule has 0 heterocycles. The van der Waals surface area contributed by atoms with Crippen LogP contribution in [0, 0.1) is 5.41 Å². The SMILES string of the molecule is NC(C(=O)OCCc1ccccc1OC(=O)c1ccccc1)C1(CC(=O)O)CCCCC1. The van der Waals surface area contributed by atoms with Crippen molar-refractivity contribution in [3.8, 4) is 5.75 Å². The summed E-state index contributed by atoms with van der Waals surface area (Å²) in [6.07, 6.45) is 4.14. The molecule has 1 fully saturated rings. The van der Waals surface area contributed by atoms with Crippen molar-refractivity contribution in [3.05, 3.63) is 65.7 Å². The minimum Gasteiger partial charge on any atom is -0.481 e. The van der Waals surface area contributed by atoms with E-state index in [1.165, 1.54) is 0 Å². The van der Waals surface area contributed by atoms with Crippen LogP contribution < -0.4 is 10.5 Å². The van der Waals surface area contributed by atoms with Gasteiger partial charge in [0.2, 0.25) is 0 Å². The number of ether oxygens (including phenoxy) is 2. The second-order valence-electron chi connectivity index (χ2n) is 8.25. The number of hydrogen-bond donors (Lipinski definition) is 2. The second kappa shape index (κ2) is 10.9. The van der Waals surface area contributed by atoms with Crippen molar-refractivity contribution >= 4 is 17.9 Å². The molecule has 0 spiro atoms. The Morgan fingerprint density at radius 1 is 0.969 bits per heavy atom. The maximum atomic E-state index is 12.6. The molecule has 3 rings (SSSR count). The molecular weight excluding hydrogens is 410 g/mol. The van der Waals surface area contributed by atoms with Crippen molar-refractivity contribution in [2.24, 2.45) is 11.1 Å². The summed E-state index contributed by atoms with van der Waals surface area (Å²) >= 11 is 0. The lowest BCUT2D eigenvalue weighted by Crippen LogP contribution is -2.50. The molecule has 170 valence electrons. The number of carbonyl (C=O) groups is 3. The lowest BCUT2D eigenvalue weighted by molar-refractivity contribution is -0.151. The van der Waals surface area contributed by atoms with Gasteiger partial charge in [-0.25, -0.2) is 4.79 Å². The van der Waals surface area contributed by atoms with E-state index in [-0.39, 0.29) is 13.0 Å². The Labute approximate surface area is 187 Å². The molecule has 0 amide bonds. The number of para-hydroxylation sites is 1. The zero-order valence-corrected chi connectivity index (χ0v) is 18.0. The number of esters is 2. The van der Waals surface area contributed by atoms with Gasteiger partial charge in [-0.05, 0) is 36.6 Å². The average Bonchev–Trinajstić information content (AvgIpc) is 2.80. The van der Waals surface area contributed by atoms with E-state index in [0.717, 1.165) is 24.8 Å². The molecule has 7 nitrogen and oxygen atoms in total. The van der Waals surface area contributed by atoms with Crippen LogP contribution in [0.2, 0.25) is 0 Å². The zero-order chi connectivity index (χ0) is 23.0. The number of aliphatic carboxylic acids is 1. The number of benzene rings is 2. The number of nitrogens with two attached hydrogens (primary N) is 1. The van der Waals surface area contributed by atoms with E-state index in [1.807, 2.05) is 12.1 Å². The molecule has 0 radical (unpaired) electrons. The summed E-state index contributed by atoms with van der Waals surface area (Å²) < 4.78 is 10.9. The first-order valence-electron chi connectivity index (χ1n) is 10.9. The Bertz CT molecular complexity index is 936. The molecule has 3 N–H and O–H groups in total. The van der Waals surface area contributed by atoms with Crippen molar-refractivity contribution in [3.63, 3.8) is 0 Å². The Morgan fingerprint density at radius 2 is 1.62 bits per heavy atom. The Balaban J connectivity index is 1.59. The minimum absolute atomic E-state index is 0.0512. The zero-order valence-electron chi connectivity index (χ0n) is 18.0. The van der Waals surface area contributed by atoms with Gasteiger partial charge in [0.15, 0.2) is 0 Å². The van der Waals surface area contributed by atoms with Crippen molar-refractivity contribution in [2.45, 2.75) is 51.0 Å². The molecule has 1 saturated carbocycles. The summed E-state index contributed by atoms with van der Waals surface area (Å²) in [4.78, 5) is 36.4. The van der Waals surface area contributed by atoms with Crippen LogP contribution in [0.3, 0.4) is 0 Å². The molecule has 0 aliphatic heterocycles. The van der Waals surface area contributed by atoms with Gasteiger partial charge in [-0.1, -0.05) is 55.7 Å². The molecular formula is C25H29NO6. The summed E-state index contributed by atoms with van der Waals surface area (Å²) in [5.41, 5.74) is 6.61. The summed E-state index contributed by atoms with van der Waals surface area (Å²) in [6.45, 7) is 0.0512. The van der Waals surface area contributed by atoms with Crippen LogP contribution in [-0.4, -0.2) is 35.7 Å². The number of carboxylic acid groups (broad SMARTS) is 1. The van der Waals surface area contributed by atoms with E-state index in [1.54, 1.807) is 42.5 Å². The van der Waals surface area contributed by atoms with Crippen LogP contribution in [0.25, 0.3) is 0 Å². The quantitative estimate of drug-likeness (QED) is 0.451. The second-order valence-corrected chi connectivity index (χ2v) is 8.25. The van der Waals surface area contributed by atoms with Gasteiger partial charge in [0.25, 0.3) is 0 Å². The third-order valence-corrected chi connectivity index (χ3v) is 6.07. The van der Waals surface area contributed by atoms with Gasteiger partial charge < -0.3 is 20.3 Å². The monoisotopic (exact) mass is 439 g/mol. The molecule has 7 heteroatoms. The van der Waals surface area contributed by atoms with Gasteiger partial charge in [-0.2, -0.15) is 0 Å². The van der Waals surface area contributed by atoms with E-state index >= 15 is 0 Å². The Morgan fingerprint density at radius 3 is 2.31 bits per heavy atom. The van der Waals surface area contributed by atoms with Crippen LogP contribution in [0.4, 0.5) is 0 Å². The van der Waals surface area contributed by atoms with Gasteiger partial charge in [0, 0.05) is 11.8 Å². The molecule has 2 aromatic carbocycles. The van der Waals surface area contributed by atoms with E-state index in [2.05, 4.69) is 0 Å². The van der Waals surface area contributed by atoms with E-state index < -0.39 is 29.4 Å². The minimum atomic E-state index is -0.981.